The maximum absolute atomic E-state index is 11.1. The van der Waals surface area contributed by atoms with E-state index in [0.29, 0.717) is 0 Å². The molecule has 1 fully saturated rings. The number of likely N-dealkylation sites (tertiary alicyclic amines) is 1. The summed E-state index contributed by atoms with van der Waals surface area (Å²) in [4.78, 5) is 23.5. The van der Waals surface area contributed by atoms with Gasteiger partial charge in [0, 0.05) is 7.05 Å². The molecule has 0 N–H and O–H groups in total. The van der Waals surface area contributed by atoms with Gasteiger partial charge >= 0.3 is 0 Å². The van der Waals surface area contributed by atoms with Crippen LogP contribution in [0.15, 0.2) is 0 Å². The van der Waals surface area contributed by atoms with Crippen LogP contribution in [0.2, 0.25) is 0 Å². The average molecular weight is 141 g/mol. The molecule has 0 unspecified atom stereocenters. The van der Waals surface area contributed by atoms with E-state index in [0.717, 1.165) is 0 Å². The van der Waals surface area contributed by atoms with Crippen LogP contribution in [-0.4, -0.2) is 29.2 Å². The van der Waals surface area contributed by atoms with Gasteiger partial charge in [0.25, 0.3) is 0 Å². The van der Waals surface area contributed by atoms with Crippen molar-refractivity contribution in [3.8, 4) is 0 Å². The number of carbonyl (C=O) groups is 2. The first kappa shape index (κ1) is 7.25. The highest BCUT2D eigenvalue weighted by Crippen LogP contribution is 2.23. The normalized spacial score (nSPS) is 24.1. The molecule has 0 bridgehead atoms. The molecule has 0 aromatic rings. The summed E-state index contributed by atoms with van der Waals surface area (Å²) >= 11 is 0. The maximum Gasteiger partial charge on any atom is 0.230 e. The van der Waals surface area contributed by atoms with Gasteiger partial charge in [-0.1, -0.05) is 0 Å². The second-order valence-electron chi connectivity index (χ2n) is 3.11. The minimum absolute atomic E-state index is 0.0139. The lowest BCUT2D eigenvalue weighted by molar-refractivity contribution is -0.129. The molecule has 0 aliphatic carbocycles. The van der Waals surface area contributed by atoms with Gasteiger partial charge in [0.15, 0.2) is 5.78 Å². The van der Waals surface area contributed by atoms with E-state index in [2.05, 4.69) is 0 Å². The molecular formula is C7H11NO2. The van der Waals surface area contributed by atoms with E-state index in [1.807, 2.05) is 0 Å². The number of likely N-dealkylation sites (N-methyl/N-ethyl adjacent to an activating group) is 1. The van der Waals surface area contributed by atoms with Crippen LogP contribution in [0.3, 0.4) is 0 Å². The molecule has 1 heterocycles. The molecule has 0 aromatic carbocycles. The van der Waals surface area contributed by atoms with Crippen molar-refractivity contribution in [2.45, 2.75) is 25.8 Å². The van der Waals surface area contributed by atoms with Crippen LogP contribution < -0.4 is 0 Å². The van der Waals surface area contributed by atoms with Crippen LogP contribution in [0, 0.1) is 0 Å². The van der Waals surface area contributed by atoms with Gasteiger partial charge in [0.1, 0.15) is 0 Å². The van der Waals surface area contributed by atoms with Crippen molar-refractivity contribution in [3.05, 3.63) is 0 Å². The monoisotopic (exact) mass is 141 g/mol. The molecule has 1 saturated heterocycles. The molecular weight excluding hydrogens is 130 g/mol. The zero-order valence-corrected chi connectivity index (χ0v) is 6.47. The number of hydrogen-bond donors (Lipinski definition) is 0. The van der Waals surface area contributed by atoms with Gasteiger partial charge in [-0.25, -0.2) is 0 Å². The van der Waals surface area contributed by atoms with E-state index in [4.69, 9.17) is 0 Å². The molecule has 0 spiro atoms. The number of carbonyl (C=O) groups excluding carboxylic acids is 2. The predicted molar refractivity (Wildman–Crippen MR) is 36.5 cm³/mol. The number of rotatable bonds is 0. The summed E-state index contributed by atoms with van der Waals surface area (Å²) in [5, 5.41) is 0. The number of hydrogen-bond acceptors (Lipinski definition) is 2. The Labute approximate surface area is 60.0 Å². The van der Waals surface area contributed by atoms with E-state index >= 15 is 0 Å². The van der Waals surface area contributed by atoms with Crippen LogP contribution in [0.4, 0.5) is 0 Å². The van der Waals surface area contributed by atoms with Crippen molar-refractivity contribution in [1.82, 2.24) is 4.90 Å². The summed E-state index contributed by atoms with van der Waals surface area (Å²) < 4.78 is 0. The van der Waals surface area contributed by atoms with Crippen LogP contribution in [0.5, 0.6) is 0 Å². The minimum atomic E-state index is -0.572. The summed E-state index contributed by atoms with van der Waals surface area (Å²) in [6, 6.07) is 0. The molecule has 0 aromatic heterocycles. The smallest absolute Gasteiger partial charge is 0.230 e. The molecule has 1 amide bonds. The fraction of sp³-hybridized carbons (Fsp3) is 0.714. The van der Waals surface area contributed by atoms with Crippen LogP contribution >= 0.6 is 0 Å². The van der Waals surface area contributed by atoms with E-state index in [1.54, 1.807) is 20.9 Å². The molecule has 3 nitrogen and oxygen atoms in total. The Balaban J connectivity index is 2.96. The fourth-order valence-electron chi connectivity index (χ4n) is 0.971. The second-order valence-corrected chi connectivity index (χ2v) is 3.11. The predicted octanol–water partition coefficient (Wildman–Crippen LogP) is 0.196. The largest absolute Gasteiger partial charge is 0.333 e. The third-order valence-corrected chi connectivity index (χ3v) is 2.21. The summed E-state index contributed by atoms with van der Waals surface area (Å²) in [6.45, 7) is 3.53. The van der Waals surface area contributed by atoms with Gasteiger partial charge in [0.05, 0.1) is 12.0 Å². The molecule has 0 saturated carbocycles. The zero-order chi connectivity index (χ0) is 7.94. The number of Topliss-reactive ketones (excluding diaryl/α,β-unsaturated/α-hetero) is 1. The highest BCUT2D eigenvalue weighted by atomic mass is 16.2. The first-order valence-electron chi connectivity index (χ1n) is 3.26. The summed E-state index contributed by atoms with van der Waals surface area (Å²) in [5.41, 5.74) is -0.572. The van der Waals surface area contributed by atoms with E-state index < -0.39 is 5.54 Å². The lowest BCUT2D eigenvalue weighted by Crippen LogP contribution is -2.41. The first-order chi connectivity index (χ1) is 4.46. The third kappa shape index (κ3) is 0.735. The van der Waals surface area contributed by atoms with Crippen LogP contribution in [-0.2, 0) is 9.59 Å². The van der Waals surface area contributed by atoms with Crippen molar-refractivity contribution in [2.75, 3.05) is 7.05 Å². The molecule has 0 atom stereocenters. The lowest BCUT2D eigenvalue weighted by Gasteiger charge is -2.25. The van der Waals surface area contributed by atoms with Gasteiger partial charge in [-0.3, -0.25) is 9.59 Å². The Kier molecular flexibility index (Phi) is 1.31. The molecule has 3 heteroatoms. The fourth-order valence-corrected chi connectivity index (χ4v) is 0.971. The van der Waals surface area contributed by atoms with Gasteiger partial charge < -0.3 is 4.90 Å². The second kappa shape index (κ2) is 1.81. The van der Waals surface area contributed by atoms with Crippen molar-refractivity contribution in [3.63, 3.8) is 0 Å². The number of nitrogens with zero attached hydrogens (tertiary/aromatic N) is 1. The quantitative estimate of drug-likeness (QED) is 0.452. The summed E-state index contributed by atoms with van der Waals surface area (Å²) in [6.07, 6.45) is 0.0729. The van der Waals surface area contributed by atoms with Crippen molar-refractivity contribution >= 4 is 11.7 Å². The Bertz CT molecular complexity index is 196. The van der Waals surface area contributed by atoms with Crippen molar-refractivity contribution in [1.29, 1.82) is 0 Å². The molecule has 1 aliphatic rings. The van der Waals surface area contributed by atoms with Gasteiger partial charge in [-0.2, -0.15) is 0 Å². The van der Waals surface area contributed by atoms with Crippen LogP contribution in [0.1, 0.15) is 20.3 Å². The minimum Gasteiger partial charge on any atom is -0.333 e. The highest BCUT2D eigenvalue weighted by molar-refractivity contribution is 6.09. The molecule has 10 heavy (non-hydrogen) atoms. The Morgan fingerprint density at radius 2 is 1.90 bits per heavy atom. The molecule has 1 rings (SSSR count). The number of ketones is 1. The maximum atomic E-state index is 11.1. The zero-order valence-electron chi connectivity index (χ0n) is 6.47. The van der Waals surface area contributed by atoms with Crippen LogP contribution in [0.25, 0.3) is 0 Å². The average Bonchev–Trinajstić information content (AvgIpc) is 1.97. The van der Waals surface area contributed by atoms with Crippen molar-refractivity contribution < 1.29 is 9.59 Å². The summed E-state index contributed by atoms with van der Waals surface area (Å²) in [5.74, 6) is -0.0602. The highest BCUT2D eigenvalue weighted by Gasteiger charge is 2.42. The van der Waals surface area contributed by atoms with Gasteiger partial charge in [-0.05, 0) is 13.8 Å². The Morgan fingerprint density at radius 3 is 2.00 bits per heavy atom. The third-order valence-electron chi connectivity index (χ3n) is 2.21. The standard InChI is InChI=1S/C7H11NO2/c1-7(2)5(9)4-6(10)8(7)3/h4H2,1-3H3. The molecule has 0 radical (unpaired) electrons. The lowest BCUT2D eigenvalue weighted by atomic mass is 10.0. The van der Waals surface area contributed by atoms with E-state index in [1.165, 1.54) is 4.90 Å². The van der Waals surface area contributed by atoms with Crippen molar-refractivity contribution in [2.24, 2.45) is 0 Å². The number of amides is 1. The Morgan fingerprint density at radius 1 is 1.40 bits per heavy atom. The Hall–Kier alpha value is -0.860. The first-order valence-corrected chi connectivity index (χ1v) is 3.26. The van der Waals surface area contributed by atoms with E-state index in [9.17, 15) is 9.59 Å². The molecule has 56 valence electrons. The van der Waals surface area contributed by atoms with Gasteiger partial charge in [0.2, 0.25) is 5.91 Å². The topological polar surface area (TPSA) is 37.4 Å². The van der Waals surface area contributed by atoms with E-state index in [-0.39, 0.29) is 18.1 Å². The molecule has 1 aliphatic heterocycles. The summed E-state index contributed by atoms with van der Waals surface area (Å²) in [7, 11) is 1.66. The SMILES string of the molecule is CN1C(=O)CC(=O)C1(C)C. The van der Waals surface area contributed by atoms with Gasteiger partial charge in [-0.15, -0.1) is 0 Å².